The van der Waals surface area contributed by atoms with Crippen molar-refractivity contribution in [1.29, 1.82) is 0 Å². The molecule has 0 atom stereocenters. The molecule has 1 aliphatic rings. The van der Waals surface area contributed by atoms with Crippen LogP contribution >= 0.6 is 0 Å². The van der Waals surface area contributed by atoms with Crippen LogP contribution < -0.4 is 0 Å². The van der Waals surface area contributed by atoms with Gasteiger partial charge in [-0.1, -0.05) is 36.2 Å². The van der Waals surface area contributed by atoms with E-state index < -0.39 is 0 Å². The zero-order valence-corrected chi connectivity index (χ0v) is 12.1. The molecule has 1 N–H and O–H groups in total. The maximum atomic E-state index is 9.25. The van der Waals surface area contributed by atoms with Crippen molar-refractivity contribution in [1.82, 2.24) is 15.0 Å². The number of rotatable bonds is 6. The average molecular weight is 287 g/mol. The number of hydrogen-bond acceptors (Lipinski definition) is 5. The van der Waals surface area contributed by atoms with Crippen molar-refractivity contribution in [3.63, 3.8) is 0 Å². The minimum Gasteiger partial charge on any atom is -0.395 e. The monoisotopic (exact) mass is 287 g/mol. The Kier molecular flexibility index (Phi) is 4.62. The van der Waals surface area contributed by atoms with Crippen LogP contribution in [0.1, 0.15) is 31.5 Å². The smallest absolute Gasteiger partial charge is 0.257 e. The fraction of sp³-hybridized carbons (Fsp3) is 0.500. The van der Waals surface area contributed by atoms with Gasteiger partial charge >= 0.3 is 0 Å². The molecule has 5 nitrogen and oxygen atoms in total. The highest BCUT2D eigenvalue weighted by atomic mass is 16.5. The van der Waals surface area contributed by atoms with E-state index in [1.807, 2.05) is 30.3 Å². The Hall–Kier alpha value is -1.72. The summed E-state index contributed by atoms with van der Waals surface area (Å²) in [6, 6.07) is 10.3. The van der Waals surface area contributed by atoms with Crippen LogP contribution in [0, 0.1) is 0 Å². The van der Waals surface area contributed by atoms with Crippen LogP contribution in [-0.2, 0) is 6.54 Å². The highest BCUT2D eigenvalue weighted by Gasteiger charge is 2.23. The fourth-order valence-electron chi connectivity index (χ4n) is 2.99. The summed E-state index contributed by atoms with van der Waals surface area (Å²) in [5.74, 6) is 1.25. The van der Waals surface area contributed by atoms with Crippen LogP contribution in [0.4, 0.5) is 0 Å². The number of benzene rings is 1. The van der Waals surface area contributed by atoms with Gasteiger partial charge in [0.05, 0.1) is 13.2 Å². The molecule has 1 fully saturated rings. The van der Waals surface area contributed by atoms with Crippen molar-refractivity contribution in [2.45, 2.75) is 38.3 Å². The third kappa shape index (κ3) is 3.49. The summed E-state index contributed by atoms with van der Waals surface area (Å²) in [5, 5.41) is 13.3. The predicted octanol–water partition coefficient (Wildman–Crippen LogP) is 2.47. The van der Waals surface area contributed by atoms with Gasteiger partial charge in [0.15, 0.2) is 5.82 Å². The molecule has 112 valence electrons. The molecular weight excluding hydrogens is 266 g/mol. The van der Waals surface area contributed by atoms with Crippen molar-refractivity contribution in [2.75, 3.05) is 13.2 Å². The van der Waals surface area contributed by atoms with Crippen molar-refractivity contribution in [3.8, 4) is 11.5 Å². The molecule has 1 aromatic heterocycles. The number of nitrogens with zero attached hydrogens (tertiary/aromatic N) is 3. The molecule has 1 aromatic carbocycles. The zero-order chi connectivity index (χ0) is 14.5. The quantitative estimate of drug-likeness (QED) is 0.884. The van der Waals surface area contributed by atoms with Gasteiger partial charge in [0.1, 0.15) is 0 Å². The van der Waals surface area contributed by atoms with Crippen LogP contribution in [0.2, 0.25) is 0 Å². The zero-order valence-electron chi connectivity index (χ0n) is 12.1. The Morgan fingerprint density at radius 1 is 1.19 bits per heavy atom. The number of aromatic nitrogens is 2. The van der Waals surface area contributed by atoms with Gasteiger partial charge in [0.25, 0.3) is 5.89 Å². The average Bonchev–Trinajstić information content (AvgIpc) is 3.19. The first-order chi connectivity index (χ1) is 10.4. The molecule has 0 unspecified atom stereocenters. The van der Waals surface area contributed by atoms with Crippen LogP contribution in [0.25, 0.3) is 11.5 Å². The standard InChI is InChI=1S/C16H21N3O2/c20-11-10-19(14-8-4-5-9-14)12-15-17-16(21-18-15)13-6-2-1-3-7-13/h1-3,6-7,14,20H,4-5,8-12H2. The topological polar surface area (TPSA) is 62.4 Å². The van der Waals surface area contributed by atoms with E-state index in [1.165, 1.54) is 25.7 Å². The summed E-state index contributed by atoms with van der Waals surface area (Å²) < 4.78 is 5.34. The van der Waals surface area contributed by atoms with Gasteiger partial charge in [-0.2, -0.15) is 4.98 Å². The summed E-state index contributed by atoms with van der Waals surface area (Å²) in [6.45, 7) is 1.47. The van der Waals surface area contributed by atoms with E-state index in [4.69, 9.17) is 4.52 Å². The lowest BCUT2D eigenvalue weighted by molar-refractivity contribution is 0.140. The maximum absolute atomic E-state index is 9.25. The molecule has 5 heteroatoms. The lowest BCUT2D eigenvalue weighted by Crippen LogP contribution is -2.35. The Balaban J connectivity index is 1.70. The Bertz CT molecular complexity index is 550. The summed E-state index contributed by atoms with van der Waals surface area (Å²) in [5.41, 5.74) is 0.936. The number of aliphatic hydroxyl groups excluding tert-OH is 1. The van der Waals surface area contributed by atoms with Gasteiger partial charge in [-0.3, -0.25) is 4.90 Å². The largest absolute Gasteiger partial charge is 0.395 e. The predicted molar refractivity (Wildman–Crippen MR) is 79.5 cm³/mol. The van der Waals surface area contributed by atoms with Gasteiger partial charge in [0, 0.05) is 18.2 Å². The molecule has 1 aliphatic carbocycles. The third-order valence-electron chi connectivity index (χ3n) is 4.06. The van der Waals surface area contributed by atoms with Crippen LogP contribution in [0.15, 0.2) is 34.9 Å². The second-order valence-electron chi connectivity index (χ2n) is 5.51. The number of aliphatic hydroxyl groups is 1. The molecular formula is C16H21N3O2. The minimum atomic E-state index is 0.167. The van der Waals surface area contributed by atoms with Gasteiger partial charge in [-0.05, 0) is 25.0 Å². The molecule has 0 amide bonds. The van der Waals surface area contributed by atoms with Crippen molar-refractivity contribution >= 4 is 0 Å². The Morgan fingerprint density at radius 2 is 1.95 bits per heavy atom. The van der Waals surface area contributed by atoms with Crippen LogP contribution in [-0.4, -0.2) is 39.3 Å². The number of hydrogen-bond donors (Lipinski definition) is 1. The van der Waals surface area contributed by atoms with E-state index in [9.17, 15) is 5.11 Å². The van der Waals surface area contributed by atoms with Gasteiger partial charge < -0.3 is 9.63 Å². The van der Waals surface area contributed by atoms with E-state index in [0.29, 0.717) is 30.8 Å². The molecule has 3 rings (SSSR count). The van der Waals surface area contributed by atoms with E-state index >= 15 is 0 Å². The van der Waals surface area contributed by atoms with E-state index in [0.717, 1.165) is 5.56 Å². The lowest BCUT2D eigenvalue weighted by atomic mass is 10.2. The molecule has 0 saturated heterocycles. The third-order valence-corrected chi connectivity index (χ3v) is 4.06. The lowest BCUT2D eigenvalue weighted by Gasteiger charge is -2.26. The van der Waals surface area contributed by atoms with E-state index in [2.05, 4.69) is 15.0 Å². The SMILES string of the molecule is OCCN(Cc1noc(-c2ccccc2)n1)C1CCCC1. The minimum absolute atomic E-state index is 0.167. The van der Waals surface area contributed by atoms with Gasteiger partial charge in [-0.15, -0.1) is 0 Å². The van der Waals surface area contributed by atoms with Crippen molar-refractivity contribution in [2.24, 2.45) is 0 Å². The Labute approximate surface area is 124 Å². The highest BCUT2D eigenvalue weighted by molar-refractivity contribution is 5.51. The van der Waals surface area contributed by atoms with Crippen LogP contribution in [0.5, 0.6) is 0 Å². The van der Waals surface area contributed by atoms with E-state index in [-0.39, 0.29) is 6.61 Å². The molecule has 0 radical (unpaired) electrons. The molecule has 1 saturated carbocycles. The second kappa shape index (κ2) is 6.83. The summed E-state index contributed by atoms with van der Waals surface area (Å²) in [4.78, 5) is 6.74. The second-order valence-corrected chi connectivity index (χ2v) is 5.51. The first-order valence-electron chi connectivity index (χ1n) is 7.60. The first kappa shape index (κ1) is 14.2. The molecule has 1 heterocycles. The van der Waals surface area contributed by atoms with Gasteiger partial charge in [-0.25, -0.2) is 0 Å². The molecule has 2 aromatic rings. The Morgan fingerprint density at radius 3 is 2.67 bits per heavy atom. The maximum Gasteiger partial charge on any atom is 0.257 e. The normalized spacial score (nSPS) is 15.9. The van der Waals surface area contributed by atoms with Crippen molar-refractivity contribution in [3.05, 3.63) is 36.2 Å². The first-order valence-corrected chi connectivity index (χ1v) is 7.60. The molecule has 0 aliphatic heterocycles. The van der Waals surface area contributed by atoms with E-state index in [1.54, 1.807) is 0 Å². The van der Waals surface area contributed by atoms with Crippen molar-refractivity contribution < 1.29 is 9.63 Å². The molecule has 21 heavy (non-hydrogen) atoms. The fourth-order valence-corrected chi connectivity index (χ4v) is 2.99. The highest BCUT2D eigenvalue weighted by Crippen LogP contribution is 2.25. The molecule has 0 spiro atoms. The summed E-state index contributed by atoms with van der Waals surface area (Å²) >= 11 is 0. The summed E-state index contributed by atoms with van der Waals surface area (Å²) in [6.07, 6.45) is 4.94. The van der Waals surface area contributed by atoms with Crippen LogP contribution in [0.3, 0.4) is 0 Å². The summed E-state index contributed by atoms with van der Waals surface area (Å²) in [7, 11) is 0. The van der Waals surface area contributed by atoms with Gasteiger partial charge in [0.2, 0.25) is 0 Å². The molecule has 0 bridgehead atoms.